The lowest BCUT2D eigenvalue weighted by Gasteiger charge is -2.06. The number of imidazole rings is 1. The maximum absolute atomic E-state index is 6.02. The molecular formula is C19H12BrClN2. The first-order valence-corrected chi connectivity index (χ1v) is 8.38. The summed E-state index contributed by atoms with van der Waals surface area (Å²) in [4.78, 5) is 4.82. The summed E-state index contributed by atoms with van der Waals surface area (Å²) in [5, 5.41) is 0.725. The Morgan fingerprint density at radius 2 is 1.52 bits per heavy atom. The van der Waals surface area contributed by atoms with Crippen molar-refractivity contribution in [2.24, 2.45) is 0 Å². The molecule has 112 valence electrons. The van der Waals surface area contributed by atoms with Gasteiger partial charge in [-0.05, 0) is 36.4 Å². The van der Waals surface area contributed by atoms with Gasteiger partial charge < -0.3 is 0 Å². The highest BCUT2D eigenvalue weighted by atomic mass is 79.9. The summed E-state index contributed by atoms with van der Waals surface area (Å²) in [6, 6.07) is 22.1. The number of rotatable bonds is 2. The minimum Gasteiger partial charge on any atom is -0.299 e. The number of pyridine rings is 1. The molecule has 0 unspecified atom stereocenters. The third kappa shape index (κ3) is 2.67. The van der Waals surface area contributed by atoms with Crippen molar-refractivity contribution < 1.29 is 0 Å². The summed E-state index contributed by atoms with van der Waals surface area (Å²) in [6.45, 7) is 0. The van der Waals surface area contributed by atoms with Gasteiger partial charge >= 0.3 is 0 Å². The maximum atomic E-state index is 6.02. The Morgan fingerprint density at radius 1 is 0.826 bits per heavy atom. The van der Waals surface area contributed by atoms with E-state index in [2.05, 4.69) is 32.5 Å². The van der Waals surface area contributed by atoms with Gasteiger partial charge in [0.15, 0.2) is 0 Å². The van der Waals surface area contributed by atoms with E-state index < -0.39 is 0 Å². The molecule has 4 aromatic rings. The number of benzene rings is 2. The lowest BCUT2D eigenvalue weighted by atomic mass is 10.1. The smallest absolute Gasteiger partial charge is 0.137 e. The molecule has 23 heavy (non-hydrogen) atoms. The van der Waals surface area contributed by atoms with Crippen molar-refractivity contribution in [2.45, 2.75) is 0 Å². The van der Waals surface area contributed by atoms with Crippen molar-refractivity contribution in [3.8, 4) is 22.5 Å². The second-order valence-corrected chi connectivity index (χ2v) is 6.60. The van der Waals surface area contributed by atoms with Gasteiger partial charge in [-0.25, -0.2) is 4.98 Å². The molecule has 2 aromatic heterocycles. The standard InChI is InChI=1S/C19H12BrClN2/c20-15-8-4-14(5-9-15)19-18(13-6-10-16(21)11-7-13)22-17-3-1-2-12-23(17)19/h1-12H. The molecule has 0 aliphatic rings. The summed E-state index contributed by atoms with van der Waals surface area (Å²) in [6.07, 6.45) is 2.04. The number of aromatic nitrogens is 2. The topological polar surface area (TPSA) is 17.3 Å². The fraction of sp³-hybridized carbons (Fsp3) is 0. The number of hydrogen-bond donors (Lipinski definition) is 0. The summed E-state index contributed by atoms with van der Waals surface area (Å²) in [5.41, 5.74) is 5.13. The van der Waals surface area contributed by atoms with Crippen molar-refractivity contribution in [2.75, 3.05) is 0 Å². The van der Waals surface area contributed by atoms with Gasteiger partial charge in [-0.3, -0.25) is 4.40 Å². The van der Waals surface area contributed by atoms with E-state index in [1.54, 1.807) is 0 Å². The first-order valence-electron chi connectivity index (χ1n) is 7.21. The van der Waals surface area contributed by atoms with E-state index in [4.69, 9.17) is 16.6 Å². The van der Waals surface area contributed by atoms with Gasteiger partial charge in [0.25, 0.3) is 0 Å². The number of nitrogens with zero attached hydrogens (tertiary/aromatic N) is 2. The second kappa shape index (κ2) is 5.84. The van der Waals surface area contributed by atoms with E-state index >= 15 is 0 Å². The van der Waals surface area contributed by atoms with Crippen molar-refractivity contribution >= 4 is 33.2 Å². The molecule has 0 radical (unpaired) electrons. The summed E-state index contributed by atoms with van der Waals surface area (Å²) >= 11 is 9.51. The molecule has 4 rings (SSSR count). The van der Waals surface area contributed by atoms with Crippen LogP contribution in [0, 0.1) is 0 Å². The molecule has 0 amide bonds. The van der Waals surface area contributed by atoms with Crippen LogP contribution in [0.3, 0.4) is 0 Å². The number of fused-ring (bicyclic) bond motifs is 1. The largest absolute Gasteiger partial charge is 0.299 e. The molecule has 0 saturated heterocycles. The van der Waals surface area contributed by atoms with Crippen LogP contribution in [0.5, 0.6) is 0 Å². The molecule has 0 fully saturated rings. The highest BCUT2D eigenvalue weighted by Crippen LogP contribution is 2.33. The first kappa shape index (κ1) is 14.5. The predicted octanol–water partition coefficient (Wildman–Crippen LogP) is 6.08. The van der Waals surface area contributed by atoms with Crippen LogP contribution >= 0.6 is 27.5 Å². The van der Waals surface area contributed by atoms with Crippen molar-refractivity contribution in [1.82, 2.24) is 9.38 Å². The van der Waals surface area contributed by atoms with Crippen LogP contribution in [0.2, 0.25) is 5.02 Å². The van der Waals surface area contributed by atoms with Gasteiger partial charge in [0.1, 0.15) is 5.65 Å². The SMILES string of the molecule is Clc1ccc(-c2nc3ccccn3c2-c2ccc(Br)cc2)cc1. The molecule has 0 bridgehead atoms. The van der Waals surface area contributed by atoms with Gasteiger partial charge in [-0.1, -0.05) is 57.9 Å². The Kier molecular flexibility index (Phi) is 3.68. The zero-order valence-electron chi connectivity index (χ0n) is 12.1. The fourth-order valence-electron chi connectivity index (χ4n) is 2.69. The Balaban J connectivity index is 2.01. The third-order valence-corrected chi connectivity index (χ3v) is 4.55. The molecule has 0 aliphatic heterocycles. The quantitative estimate of drug-likeness (QED) is 0.410. The van der Waals surface area contributed by atoms with Crippen LogP contribution in [-0.4, -0.2) is 9.38 Å². The maximum Gasteiger partial charge on any atom is 0.137 e. The van der Waals surface area contributed by atoms with Gasteiger partial charge in [0.2, 0.25) is 0 Å². The lowest BCUT2D eigenvalue weighted by molar-refractivity contribution is 1.19. The van der Waals surface area contributed by atoms with Gasteiger partial charge in [0.05, 0.1) is 11.4 Å². The van der Waals surface area contributed by atoms with Gasteiger partial charge in [-0.2, -0.15) is 0 Å². The molecule has 4 heteroatoms. The molecule has 2 nitrogen and oxygen atoms in total. The predicted molar refractivity (Wildman–Crippen MR) is 98.8 cm³/mol. The van der Waals surface area contributed by atoms with Gasteiger partial charge in [0, 0.05) is 26.8 Å². The van der Waals surface area contributed by atoms with E-state index in [0.717, 1.165) is 37.7 Å². The molecule has 0 saturated carbocycles. The van der Waals surface area contributed by atoms with Crippen LogP contribution < -0.4 is 0 Å². The monoisotopic (exact) mass is 382 g/mol. The van der Waals surface area contributed by atoms with Gasteiger partial charge in [-0.15, -0.1) is 0 Å². The van der Waals surface area contributed by atoms with E-state index in [1.165, 1.54) is 0 Å². The molecule has 0 N–H and O–H groups in total. The zero-order chi connectivity index (χ0) is 15.8. The summed E-state index contributed by atoms with van der Waals surface area (Å²) in [5.74, 6) is 0. The average molecular weight is 384 g/mol. The fourth-order valence-corrected chi connectivity index (χ4v) is 3.08. The average Bonchev–Trinajstić information content (AvgIpc) is 2.96. The highest BCUT2D eigenvalue weighted by Gasteiger charge is 2.15. The van der Waals surface area contributed by atoms with Crippen molar-refractivity contribution in [3.05, 3.63) is 82.4 Å². The molecule has 0 atom stereocenters. The molecule has 0 spiro atoms. The summed E-state index contributed by atoms with van der Waals surface area (Å²) < 4.78 is 3.18. The second-order valence-electron chi connectivity index (χ2n) is 5.25. The molecular weight excluding hydrogens is 372 g/mol. The van der Waals surface area contributed by atoms with Crippen LogP contribution in [0.4, 0.5) is 0 Å². The molecule has 2 heterocycles. The van der Waals surface area contributed by atoms with Crippen molar-refractivity contribution in [3.63, 3.8) is 0 Å². The molecule has 0 aliphatic carbocycles. The Hall–Kier alpha value is -2.10. The van der Waals surface area contributed by atoms with Crippen LogP contribution in [-0.2, 0) is 0 Å². The Bertz CT molecular complexity index is 973. The Morgan fingerprint density at radius 3 is 2.26 bits per heavy atom. The minimum absolute atomic E-state index is 0.725. The zero-order valence-corrected chi connectivity index (χ0v) is 14.4. The summed E-state index contributed by atoms with van der Waals surface area (Å²) in [7, 11) is 0. The number of hydrogen-bond acceptors (Lipinski definition) is 1. The lowest BCUT2D eigenvalue weighted by Crippen LogP contribution is -1.89. The van der Waals surface area contributed by atoms with E-state index in [1.807, 2.05) is 60.8 Å². The third-order valence-electron chi connectivity index (χ3n) is 3.77. The van der Waals surface area contributed by atoms with Crippen LogP contribution in [0.15, 0.2) is 77.4 Å². The van der Waals surface area contributed by atoms with Crippen molar-refractivity contribution in [1.29, 1.82) is 0 Å². The minimum atomic E-state index is 0.725. The Labute approximate surface area is 147 Å². The van der Waals surface area contributed by atoms with Crippen LogP contribution in [0.25, 0.3) is 28.2 Å². The first-order chi connectivity index (χ1) is 11.2. The molecule has 2 aromatic carbocycles. The van der Waals surface area contributed by atoms with E-state index in [0.29, 0.717) is 0 Å². The van der Waals surface area contributed by atoms with E-state index in [9.17, 15) is 0 Å². The van der Waals surface area contributed by atoms with Crippen LogP contribution in [0.1, 0.15) is 0 Å². The normalized spacial score (nSPS) is 11.0. The van der Waals surface area contributed by atoms with E-state index in [-0.39, 0.29) is 0 Å². The highest BCUT2D eigenvalue weighted by molar-refractivity contribution is 9.10. The number of halogens is 2.